The van der Waals surface area contributed by atoms with Crippen LogP contribution < -0.4 is 0 Å². The number of esters is 1. The lowest BCUT2D eigenvalue weighted by molar-refractivity contribution is 0.0596. The Hall–Kier alpha value is -1.13. The summed E-state index contributed by atoms with van der Waals surface area (Å²) in [5, 5.41) is 18.5. The number of hydrogen-bond acceptors (Lipinski definition) is 4. The summed E-state index contributed by atoms with van der Waals surface area (Å²) in [6, 6.07) is 0. The minimum Gasteiger partial charge on any atom is -0.505 e. The van der Waals surface area contributed by atoms with Gasteiger partial charge in [-0.05, 0) is 12.5 Å². The van der Waals surface area contributed by atoms with E-state index in [-0.39, 0.29) is 21.2 Å². The van der Waals surface area contributed by atoms with Crippen molar-refractivity contribution in [3.8, 4) is 11.5 Å². The first-order valence-electron chi connectivity index (χ1n) is 3.89. The monoisotopic (exact) mass is 250 g/mol. The van der Waals surface area contributed by atoms with Crippen LogP contribution in [0.4, 0.5) is 0 Å². The normalized spacial score (nSPS) is 10.1. The molecule has 0 saturated heterocycles. The Kier molecular flexibility index (Phi) is 3.31. The van der Waals surface area contributed by atoms with Crippen molar-refractivity contribution < 1.29 is 19.7 Å². The maximum absolute atomic E-state index is 11.3. The smallest absolute Gasteiger partial charge is 0.342 e. The second kappa shape index (κ2) is 4.16. The second-order valence-corrected chi connectivity index (χ2v) is 3.57. The van der Waals surface area contributed by atoms with Crippen LogP contribution in [0, 0.1) is 6.92 Å². The Bertz CT molecular complexity index is 400. The maximum atomic E-state index is 11.3. The van der Waals surface area contributed by atoms with Gasteiger partial charge in [0.1, 0.15) is 10.6 Å². The molecule has 1 aromatic rings. The van der Waals surface area contributed by atoms with E-state index < -0.39 is 17.5 Å². The Labute approximate surface area is 96.0 Å². The highest BCUT2D eigenvalue weighted by Crippen LogP contribution is 2.43. The molecule has 0 fully saturated rings. The van der Waals surface area contributed by atoms with Gasteiger partial charge in [0, 0.05) is 0 Å². The van der Waals surface area contributed by atoms with Gasteiger partial charge >= 0.3 is 5.97 Å². The highest BCUT2D eigenvalue weighted by molar-refractivity contribution is 6.39. The molecule has 0 saturated carbocycles. The van der Waals surface area contributed by atoms with Crippen molar-refractivity contribution in [3.05, 3.63) is 21.2 Å². The predicted octanol–water partition coefficient (Wildman–Crippen LogP) is 2.50. The second-order valence-electron chi connectivity index (χ2n) is 2.82. The largest absolute Gasteiger partial charge is 0.505 e. The molecule has 6 heteroatoms. The third kappa shape index (κ3) is 1.82. The van der Waals surface area contributed by atoms with Gasteiger partial charge in [-0.25, -0.2) is 4.79 Å². The van der Waals surface area contributed by atoms with Gasteiger partial charge in [-0.1, -0.05) is 23.2 Å². The summed E-state index contributed by atoms with van der Waals surface area (Å²) in [6.45, 7) is 1.46. The number of hydrogen-bond donors (Lipinski definition) is 2. The fourth-order valence-electron chi connectivity index (χ4n) is 1.14. The van der Waals surface area contributed by atoms with Crippen LogP contribution in [0.15, 0.2) is 0 Å². The Morgan fingerprint density at radius 3 is 2.20 bits per heavy atom. The molecule has 0 aliphatic carbocycles. The molecular weight excluding hydrogens is 243 g/mol. The van der Waals surface area contributed by atoms with Crippen molar-refractivity contribution in [3.63, 3.8) is 0 Å². The fourth-order valence-corrected chi connectivity index (χ4v) is 1.56. The van der Waals surface area contributed by atoms with Crippen LogP contribution in [-0.4, -0.2) is 23.3 Å². The van der Waals surface area contributed by atoms with Crippen molar-refractivity contribution in [1.29, 1.82) is 0 Å². The molecule has 1 aromatic carbocycles. The first-order chi connectivity index (χ1) is 6.91. The lowest BCUT2D eigenvalue weighted by atomic mass is 10.1. The Balaban J connectivity index is 3.60. The quantitative estimate of drug-likeness (QED) is 0.752. The molecule has 0 unspecified atom stereocenters. The van der Waals surface area contributed by atoms with Crippen LogP contribution in [-0.2, 0) is 4.74 Å². The number of rotatable bonds is 1. The summed E-state index contributed by atoms with van der Waals surface area (Å²) >= 11 is 11.3. The van der Waals surface area contributed by atoms with E-state index >= 15 is 0 Å². The lowest BCUT2D eigenvalue weighted by Gasteiger charge is -2.11. The molecule has 0 aliphatic rings. The molecule has 0 spiro atoms. The molecule has 0 aromatic heterocycles. The zero-order valence-corrected chi connectivity index (χ0v) is 9.48. The van der Waals surface area contributed by atoms with Gasteiger partial charge in [-0.3, -0.25) is 0 Å². The van der Waals surface area contributed by atoms with E-state index in [2.05, 4.69) is 4.74 Å². The number of carbonyl (C=O) groups is 1. The summed E-state index contributed by atoms with van der Waals surface area (Å²) in [4.78, 5) is 11.3. The van der Waals surface area contributed by atoms with Crippen molar-refractivity contribution in [2.24, 2.45) is 0 Å². The number of phenolic OH excluding ortho intramolecular Hbond substituents is 2. The minimum absolute atomic E-state index is 0.0850. The molecule has 82 valence electrons. The van der Waals surface area contributed by atoms with Crippen molar-refractivity contribution >= 4 is 29.2 Å². The molecular formula is C9H8Cl2O4. The van der Waals surface area contributed by atoms with Crippen LogP contribution in [0.2, 0.25) is 10.0 Å². The zero-order valence-electron chi connectivity index (χ0n) is 7.97. The number of halogens is 2. The van der Waals surface area contributed by atoms with E-state index in [1.807, 2.05) is 0 Å². The average Bonchev–Trinajstić information content (AvgIpc) is 2.23. The first-order valence-corrected chi connectivity index (χ1v) is 4.65. The maximum Gasteiger partial charge on any atom is 0.342 e. The number of ether oxygens (including phenoxy) is 1. The van der Waals surface area contributed by atoms with Crippen LogP contribution in [0.1, 0.15) is 15.9 Å². The van der Waals surface area contributed by atoms with Gasteiger partial charge < -0.3 is 14.9 Å². The Morgan fingerprint density at radius 2 is 1.73 bits per heavy atom. The summed E-state index contributed by atoms with van der Waals surface area (Å²) < 4.78 is 4.45. The number of methoxy groups -OCH3 is 1. The summed E-state index contributed by atoms with van der Waals surface area (Å²) in [5.74, 6) is -1.77. The zero-order chi connectivity index (χ0) is 11.7. The summed E-state index contributed by atoms with van der Waals surface area (Å²) in [7, 11) is 1.16. The summed E-state index contributed by atoms with van der Waals surface area (Å²) in [5.41, 5.74) is 0.0632. The van der Waals surface area contributed by atoms with Crippen molar-refractivity contribution in [1.82, 2.24) is 0 Å². The van der Waals surface area contributed by atoms with E-state index in [0.29, 0.717) is 0 Å². The topological polar surface area (TPSA) is 66.8 Å². The van der Waals surface area contributed by atoms with Gasteiger partial charge in [0.05, 0.1) is 12.1 Å². The van der Waals surface area contributed by atoms with Crippen molar-refractivity contribution in [2.75, 3.05) is 7.11 Å². The molecule has 0 bridgehead atoms. The van der Waals surface area contributed by atoms with Crippen LogP contribution in [0.5, 0.6) is 11.5 Å². The molecule has 0 amide bonds. The predicted molar refractivity (Wildman–Crippen MR) is 55.9 cm³/mol. The SMILES string of the molecule is COC(=O)c1c(C)c(Cl)c(O)c(Cl)c1O. The van der Waals surface area contributed by atoms with Gasteiger partial charge in [-0.15, -0.1) is 0 Å². The highest BCUT2D eigenvalue weighted by Gasteiger charge is 2.24. The number of benzene rings is 1. The van der Waals surface area contributed by atoms with Gasteiger partial charge in [0.15, 0.2) is 11.5 Å². The molecule has 4 nitrogen and oxygen atoms in total. The molecule has 0 aliphatic heterocycles. The van der Waals surface area contributed by atoms with E-state index in [0.717, 1.165) is 7.11 Å². The lowest BCUT2D eigenvalue weighted by Crippen LogP contribution is -2.05. The molecule has 1 rings (SSSR count). The van der Waals surface area contributed by atoms with E-state index in [9.17, 15) is 15.0 Å². The standard InChI is InChI=1S/C9H8Cl2O4/c1-3-4(9(14)15-2)7(12)6(11)8(13)5(3)10/h12-13H,1-2H3. The molecule has 15 heavy (non-hydrogen) atoms. The average molecular weight is 251 g/mol. The van der Waals surface area contributed by atoms with Crippen LogP contribution in [0.3, 0.4) is 0 Å². The highest BCUT2D eigenvalue weighted by atomic mass is 35.5. The van der Waals surface area contributed by atoms with E-state index in [4.69, 9.17) is 23.2 Å². The molecule has 2 N–H and O–H groups in total. The third-order valence-electron chi connectivity index (χ3n) is 1.95. The van der Waals surface area contributed by atoms with Gasteiger partial charge in [-0.2, -0.15) is 0 Å². The molecule has 0 heterocycles. The molecule has 0 atom stereocenters. The minimum atomic E-state index is -0.770. The fraction of sp³-hybridized carbons (Fsp3) is 0.222. The van der Waals surface area contributed by atoms with Crippen LogP contribution in [0.25, 0.3) is 0 Å². The summed E-state index contributed by atoms with van der Waals surface area (Å²) in [6.07, 6.45) is 0. The molecule has 0 radical (unpaired) electrons. The number of carbonyl (C=O) groups excluding carboxylic acids is 1. The Morgan fingerprint density at radius 1 is 1.20 bits per heavy atom. The van der Waals surface area contributed by atoms with Gasteiger partial charge in [0.25, 0.3) is 0 Å². The third-order valence-corrected chi connectivity index (χ3v) is 2.77. The van der Waals surface area contributed by atoms with E-state index in [1.165, 1.54) is 6.92 Å². The first kappa shape index (κ1) is 11.9. The van der Waals surface area contributed by atoms with Crippen molar-refractivity contribution in [2.45, 2.75) is 6.92 Å². The van der Waals surface area contributed by atoms with E-state index in [1.54, 1.807) is 0 Å². The number of phenols is 2. The van der Waals surface area contributed by atoms with Gasteiger partial charge in [0.2, 0.25) is 0 Å². The number of aromatic hydroxyl groups is 2. The van der Waals surface area contributed by atoms with Crippen LogP contribution >= 0.6 is 23.2 Å².